The average molecular weight is 288 g/mol. The van der Waals surface area contributed by atoms with Crippen molar-refractivity contribution in [3.05, 3.63) is 24.0 Å². The minimum absolute atomic E-state index is 0.230. The highest BCUT2D eigenvalue weighted by Crippen LogP contribution is 2.03. The van der Waals surface area contributed by atoms with Crippen LogP contribution in [0.1, 0.15) is 18.9 Å². The largest absolute Gasteiger partial charge is 0.383 e. The molecular formula is C13H24N2O3S. The number of nitrogens with zero attached hydrogens (tertiary/aromatic N) is 1. The summed E-state index contributed by atoms with van der Waals surface area (Å²) in [5.74, 6) is 0.496. The molecule has 0 saturated carbocycles. The summed E-state index contributed by atoms with van der Waals surface area (Å²) in [5.41, 5.74) is 1.20. The standard InChI is InChI=1S/C13H24N2O3S/c1-3-19(16,17)10-4-7-15-8-5-13(12-15)11-14-6-9-18-2/h5,8,12,14H,3-4,6-7,9-11H2,1-2H3. The second kappa shape index (κ2) is 8.35. The minimum Gasteiger partial charge on any atom is -0.383 e. The van der Waals surface area contributed by atoms with Gasteiger partial charge in [-0.2, -0.15) is 0 Å². The van der Waals surface area contributed by atoms with Gasteiger partial charge in [-0.3, -0.25) is 0 Å². The quantitative estimate of drug-likeness (QED) is 0.654. The first-order valence-electron chi connectivity index (χ1n) is 6.62. The van der Waals surface area contributed by atoms with E-state index in [1.54, 1.807) is 14.0 Å². The van der Waals surface area contributed by atoms with Gasteiger partial charge >= 0.3 is 0 Å². The number of hydrogen-bond acceptors (Lipinski definition) is 4. The molecule has 0 aromatic carbocycles. The van der Waals surface area contributed by atoms with Gasteiger partial charge in [0.15, 0.2) is 0 Å². The number of rotatable bonds is 10. The Hall–Kier alpha value is -0.850. The SMILES string of the molecule is CCS(=O)(=O)CCCn1ccc(CNCCOC)c1. The van der Waals surface area contributed by atoms with Gasteiger partial charge in [0.1, 0.15) is 9.84 Å². The molecule has 5 nitrogen and oxygen atoms in total. The maximum absolute atomic E-state index is 11.4. The van der Waals surface area contributed by atoms with Crippen LogP contribution in [0, 0.1) is 0 Å². The van der Waals surface area contributed by atoms with Crippen molar-refractivity contribution < 1.29 is 13.2 Å². The fraction of sp³-hybridized carbons (Fsp3) is 0.692. The lowest BCUT2D eigenvalue weighted by molar-refractivity contribution is 0.199. The minimum atomic E-state index is -2.84. The topological polar surface area (TPSA) is 60.3 Å². The average Bonchev–Trinajstić information content (AvgIpc) is 2.82. The van der Waals surface area contributed by atoms with Crippen LogP contribution in [0.25, 0.3) is 0 Å². The van der Waals surface area contributed by atoms with Gasteiger partial charge in [-0.25, -0.2) is 8.42 Å². The van der Waals surface area contributed by atoms with Crippen LogP contribution in [0.5, 0.6) is 0 Å². The van der Waals surface area contributed by atoms with Crippen LogP contribution >= 0.6 is 0 Å². The van der Waals surface area contributed by atoms with Crippen LogP contribution < -0.4 is 5.32 Å². The van der Waals surface area contributed by atoms with Crippen molar-refractivity contribution in [2.45, 2.75) is 26.4 Å². The van der Waals surface area contributed by atoms with Crippen LogP contribution in [0.4, 0.5) is 0 Å². The Labute approximate surface area is 115 Å². The highest BCUT2D eigenvalue weighted by molar-refractivity contribution is 7.91. The predicted molar refractivity (Wildman–Crippen MR) is 77.0 cm³/mol. The Morgan fingerprint density at radius 2 is 2.21 bits per heavy atom. The molecule has 0 aliphatic rings. The summed E-state index contributed by atoms with van der Waals surface area (Å²) in [4.78, 5) is 0. The maximum Gasteiger partial charge on any atom is 0.150 e. The van der Waals surface area contributed by atoms with E-state index in [0.29, 0.717) is 13.0 Å². The summed E-state index contributed by atoms with van der Waals surface area (Å²) in [5, 5.41) is 3.27. The molecule has 0 saturated heterocycles. The monoisotopic (exact) mass is 288 g/mol. The van der Waals surface area contributed by atoms with E-state index >= 15 is 0 Å². The molecular weight excluding hydrogens is 264 g/mol. The molecule has 0 fully saturated rings. The van der Waals surface area contributed by atoms with Gasteiger partial charge in [0, 0.05) is 44.9 Å². The molecule has 0 aliphatic heterocycles. The van der Waals surface area contributed by atoms with Crippen molar-refractivity contribution in [1.82, 2.24) is 9.88 Å². The Morgan fingerprint density at radius 1 is 1.42 bits per heavy atom. The summed E-state index contributed by atoms with van der Waals surface area (Å²) < 4.78 is 29.7. The van der Waals surface area contributed by atoms with Gasteiger partial charge in [0.2, 0.25) is 0 Å². The summed E-state index contributed by atoms with van der Waals surface area (Å²) in [6.45, 7) is 4.78. The second-order valence-corrected chi connectivity index (χ2v) is 6.99. The number of hydrogen-bond donors (Lipinski definition) is 1. The Bertz CT molecular complexity index is 454. The highest BCUT2D eigenvalue weighted by Gasteiger charge is 2.06. The van der Waals surface area contributed by atoms with Crippen LogP contribution in [0.3, 0.4) is 0 Å². The first-order valence-corrected chi connectivity index (χ1v) is 8.44. The first-order chi connectivity index (χ1) is 9.07. The summed E-state index contributed by atoms with van der Waals surface area (Å²) >= 11 is 0. The third-order valence-electron chi connectivity index (χ3n) is 2.94. The molecule has 1 rings (SSSR count). The highest BCUT2D eigenvalue weighted by atomic mass is 32.2. The van der Waals surface area contributed by atoms with Gasteiger partial charge in [0.25, 0.3) is 0 Å². The van der Waals surface area contributed by atoms with E-state index in [0.717, 1.165) is 19.6 Å². The lowest BCUT2D eigenvalue weighted by atomic mass is 10.3. The molecule has 1 aromatic heterocycles. The van der Waals surface area contributed by atoms with Crippen molar-refractivity contribution in [3.8, 4) is 0 Å². The van der Waals surface area contributed by atoms with E-state index < -0.39 is 9.84 Å². The first kappa shape index (κ1) is 16.2. The molecule has 0 bridgehead atoms. The molecule has 0 atom stereocenters. The Balaban J connectivity index is 2.27. The zero-order valence-electron chi connectivity index (χ0n) is 11.8. The second-order valence-electron chi connectivity index (χ2n) is 4.52. The summed E-state index contributed by atoms with van der Waals surface area (Å²) in [6.07, 6.45) is 4.71. The van der Waals surface area contributed by atoms with Crippen molar-refractivity contribution in [2.24, 2.45) is 0 Å². The third kappa shape index (κ3) is 6.75. The number of sulfone groups is 1. The number of ether oxygens (including phenoxy) is 1. The van der Waals surface area contributed by atoms with E-state index in [-0.39, 0.29) is 11.5 Å². The van der Waals surface area contributed by atoms with E-state index in [9.17, 15) is 8.42 Å². The lowest BCUT2D eigenvalue weighted by Gasteiger charge is -2.04. The number of nitrogens with one attached hydrogen (secondary N) is 1. The van der Waals surface area contributed by atoms with Gasteiger partial charge in [0.05, 0.1) is 12.4 Å². The summed E-state index contributed by atoms with van der Waals surface area (Å²) in [6, 6.07) is 2.05. The molecule has 0 radical (unpaired) electrons. The molecule has 19 heavy (non-hydrogen) atoms. The van der Waals surface area contributed by atoms with Gasteiger partial charge in [-0.15, -0.1) is 0 Å². The van der Waals surface area contributed by atoms with Gasteiger partial charge in [-0.1, -0.05) is 6.92 Å². The van der Waals surface area contributed by atoms with Gasteiger partial charge < -0.3 is 14.6 Å². The van der Waals surface area contributed by atoms with Crippen LogP contribution in [0.15, 0.2) is 18.5 Å². The molecule has 1 heterocycles. The van der Waals surface area contributed by atoms with Crippen molar-refractivity contribution >= 4 is 9.84 Å². The van der Waals surface area contributed by atoms with Crippen LogP contribution in [-0.4, -0.2) is 44.8 Å². The van der Waals surface area contributed by atoms with E-state index in [2.05, 4.69) is 11.5 Å². The van der Waals surface area contributed by atoms with E-state index in [1.165, 1.54) is 5.56 Å². The Kier molecular flexibility index (Phi) is 7.12. The molecule has 1 aromatic rings. The molecule has 110 valence electrons. The molecule has 1 N–H and O–H groups in total. The maximum atomic E-state index is 11.4. The normalized spacial score (nSPS) is 11.9. The van der Waals surface area contributed by atoms with E-state index in [4.69, 9.17) is 4.74 Å². The molecule has 6 heteroatoms. The van der Waals surface area contributed by atoms with Crippen LogP contribution in [-0.2, 0) is 27.7 Å². The summed E-state index contributed by atoms with van der Waals surface area (Å²) in [7, 11) is -1.16. The lowest BCUT2D eigenvalue weighted by Crippen LogP contribution is -2.18. The predicted octanol–water partition coefficient (Wildman–Crippen LogP) is 1.05. The van der Waals surface area contributed by atoms with E-state index in [1.807, 2.05) is 16.8 Å². The van der Waals surface area contributed by atoms with Crippen molar-refractivity contribution in [3.63, 3.8) is 0 Å². The number of methoxy groups -OCH3 is 1. The van der Waals surface area contributed by atoms with Crippen molar-refractivity contribution in [2.75, 3.05) is 31.8 Å². The number of aromatic nitrogens is 1. The fourth-order valence-electron chi connectivity index (χ4n) is 1.75. The molecule has 0 aliphatic carbocycles. The zero-order valence-corrected chi connectivity index (χ0v) is 12.6. The molecule has 0 unspecified atom stereocenters. The fourth-order valence-corrected chi connectivity index (χ4v) is 2.61. The zero-order chi connectivity index (χ0) is 14.1. The number of aryl methyl sites for hydroxylation is 1. The van der Waals surface area contributed by atoms with Gasteiger partial charge in [-0.05, 0) is 18.1 Å². The Morgan fingerprint density at radius 3 is 2.89 bits per heavy atom. The third-order valence-corrected chi connectivity index (χ3v) is 4.73. The van der Waals surface area contributed by atoms with Crippen LogP contribution in [0.2, 0.25) is 0 Å². The molecule has 0 amide bonds. The van der Waals surface area contributed by atoms with Crippen molar-refractivity contribution in [1.29, 1.82) is 0 Å². The molecule has 0 spiro atoms. The smallest absolute Gasteiger partial charge is 0.150 e.